The minimum absolute atomic E-state index is 0.220. The van der Waals surface area contributed by atoms with Crippen molar-refractivity contribution in [3.8, 4) is 0 Å². The van der Waals surface area contributed by atoms with E-state index in [-0.39, 0.29) is 6.10 Å². The monoisotopic (exact) mass is 220 g/mol. The Hall–Kier alpha value is -0.300. The molecule has 3 rings (SSSR count). The third-order valence-corrected chi connectivity index (χ3v) is 5.74. The van der Waals surface area contributed by atoms with Crippen molar-refractivity contribution >= 4 is 0 Å². The van der Waals surface area contributed by atoms with Crippen LogP contribution in [0.5, 0.6) is 0 Å². The molecule has 90 valence electrons. The van der Waals surface area contributed by atoms with Crippen LogP contribution in [0.1, 0.15) is 46.5 Å². The molecule has 0 spiro atoms. The minimum atomic E-state index is -0.220. The van der Waals surface area contributed by atoms with Gasteiger partial charge >= 0.3 is 0 Å². The Bertz CT molecular complexity index is 343. The summed E-state index contributed by atoms with van der Waals surface area (Å²) >= 11 is 0. The molecule has 5 atom stereocenters. The number of hydrogen-bond donors (Lipinski definition) is 1. The second-order valence-electron chi connectivity index (χ2n) is 7.52. The summed E-state index contributed by atoms with van der Waals surface area (Å²) in [5, 5.41) is 10.0. The summed E-state index contributed by atoms with van der Waals surface area (Å²) in [5.74, 6) is 2.21. The number of aliphatic hydroxyl groups is 1. The molecule has 3 aliphatic carbocycles. The molecule has 1 nitrogen and oxygen atoms in total. The number of aliphatic hydroxyl groups excluding tert-OH is 1. The predicted octanol–water partition coefficient (Wildman–Crippen LogP) is 3.39. The Morgan fingerprint density at radius 1 is 1.19 bits per heavy atom. The van der Waals surface area contributed by atoms with Crippen LogP contribution in [-0.2, 0) is 0 Å². The minimum Gasteiger partial charge on any atom is -0.389 e. The molecule has 0 aromatic heterocycles. The van der Waals surface area contributed by atoms with Crippen molar-refractivity contribution in [2.75, 3.05) is 0 Å². The molecule has 0 unspecified atom stereocenters. The summed E-state index contributed by atoms with van der Waals surface area (Å²) in [6, 6.07) is 0. The van der Waals surface area contributed by atoms with Crippen LogP contribution >= 0.6 is 0 Å². The van der Waals surface area contributed by atoms with Crippen molar-refractivity contribution in [3.05, 3.63) is 12.2 Å². The van der Waals surface area contributed by atoms with Gasteiger partial charge in [0.15, 0.2) is 0 Å². The van der Waals surface area contributed by atoms with Gasteiger partial charge in [-0.2, -0.15) is 0 Å². The Morgan fingerprint density at radius 3 is 2.56 bits per heavy atom. The average Bonchev–Trinajstić information content (AvgIpc) is 2.72. The van der Waals surface area contributed by atoms with Crippen LogP contribution in [0, 0.1) is 28.6 Å². The van der Waals surface area contributed by atoms with E-state index in [0.29, 0.717) is 22.7 Å². The van der Waals surface area contributed by atoms with E-state index in [9.17, 15) is 5.11 Å². The lowest BCUT2D eigenvalue weighted by Crippen LogP contribution is -2.21. The second-order valence-corrected chi connectivity index (χ2v) is 7.52. The van der Waals surface area contributed by atoms with Gasteiger partial charge in [-0.1, -0.05) is 27.4 Å². The maximum atomic E-state index is 10.0. The molecular weight excluding hydrogens is 196 g/mol. The predicted molar refractivity (Wildman–Crippen MR) is 66.0 cm³/mol. The molecule has 0 radical (unpaired) electrons. The maximum Gasteiger partial charge on any atom is 0.0753 e. The van der Waals surface area contributed by atoms with Gasteiger partial charge in [-0.15, -0.1) is 0 Å². The van der Waals surface area contributed by atoms with E-state index in [0.717, 1.165) is 17.9 Å². The first-order chi connectivity index (χ1) is 7.33. The van der Waals surface area contributed by atoms with Crippen molar-refractivity contribution in [2.24, 2.45) is 28.6 Å². The zero-order valence-electron chi connectivity index (χ0n) is 10.8. The van der Waals surface area contributed by atoms with Crippen LogP contribution in [0.2, 0.25) is 0 Å². The molecule has 1 heteroatoms. The van der Waals surface area contributed by atoms with Crippen LogP contribution in [0.25, 0.3) is 0 Å². The van der Waals surface area contributed by atoms with Gasteiger partial charge in [0.1, 0.15) is 0 Å². The maximum absolute atomic E-state index is 10.0. The lowest BCUT2D eigenvalue weighted by atomic mass is 9.75. The highest BCUT2D eigenvalue weighted by molar-refractivity contribution is 5.23. The first-order valence-corrected chi connectivity index (χ1v) is 6.70. The van der Waals surface area contributed by atoms with E-state index in [4.69, 9.17) is 0 Å². The van der Waals surface area contributed by atoms with Gasteiger partial charge in [-0.25, -0.2) is 0 Å². The van der Waals surface area contributed by atoms with Crippen molar-refractivity contribution in [2.45, 2.75) is 52.6 Å². The largest absolute Gasteiger partial charge is 0.389 e. The van der Waals surface area contributed by atoms with E-state index in [1.165, 1.54) is 19.3 Å². The Balaban J connectivity index is 1.96. The zero-order valence-corrected chi connectivity index (χ0v) is 10.8. The van der Waals surface area contributed by atoms with Crippen molar-refractivity contribution in [3.63, 3.8) is 0 Å². The number of fused-ring (bicyclic) bond motifs is 3. The van der Waals surface area contributed by atoms with Gasteiger partial charge in [0.2, 0.25) is 0 Å². The fourth-order valence-electron chi connectivity index (χ4n) is 4.64. The first kappa shape index (κ1) is 10.8. The molecule has 16 heavy (non-hydrogen) atoms. The third-order valence-electron chi connectivity index (χ3n) is 5.74. The quantitative estimate of drug-likeness (QED) is 0.620. The SMILES string of the molecule is C=C1[C@H]2CC(C)(C)C[C@H]3C[C@@]3(C)[C@@H]2C[C@@H]1O. The Kier molecular flexibility index (Phi) is 1.98. The molecule has 0 saturated heterocycles. The van der Waals surface area contributed by atoms with Crippen LogP contribution in [0.3, 0.4) is 0 Å². The van der Waals surface area contributed by atoms with Gasteiger partial charge in [-0.3, -0.25) is 0 Å². The van der Waals surface area contributed by atoms with Crippen molar-refractivity contribution < 1.29 is 5.11 Å². The molecule has 3 saturated carbocycles. The first-order valence-electron chi connectivity index (χ1n) is 6.70. The van der Waals surface area contributed by atoms with E-state index in [1.54, 1.807) is 0 Å². The normalized spacial score (nSPS) is 54.1. The summed E-state index contributed by atoms with van der Waals surface area (Å²) in [6.07, 6.45) is 4.76. The lowest BCUT2D eigenvalue weighted by molar-refractivity contribution is 0.185. The summed E-state index contributed by atoms with van der Waals surface area (Å²) < 4.78 is 0. The van der Waals surface area contributed by atoms with Gasteiger partial charge in [-0.05, 0) is 59.8 Å². The van der Waals surface area contributed by atoms with Crippen LogP contribution in [0.4, 0.5) is 0 Å². The number of rotatable bonds is 0. The van der Waals surface area contributed by atoms with Crippen molar-refractivity contribution in [1.29, 1.82) is 0 Å². The van der Waals surface area contributed by atoms with Gasteiger partial charge in [0, 0.05) is 0 Å². The van der Waals surface area contributed by atoms with Gasteiger partial charge < -0.3 is 5.11 Å². The zero-order chi connectivity index (χ0) is 11.7. The highest BCUT2D eigenvalue weighted by atomic mass is 16.3. The highest BCUT2D eigenvalue weighted by Gasteiger charge is 2.62. The topological polar surface area (TPSA) is 20.2 Å². The second kappa shape index (κ2) is 2.93. The van der Waals surface area contributed by atoms with Gasteiger partial charge in [0.05, 0.1) is 6.10 Å². The fourth-order valence-corrected chi connectivity index (χ4v) is 4.64. The smallest absolute Gasteiger partial charge is 0.0753 e. The molecule has 0 heterocycles. The molecule has 0 bridgehead atoms. The van der Waals surface area contributed by atoms with Crippen LogP contribution in [0.15, 0.2) is 12.2 Å². The molecule has 1 N–H and O–H groups in total. The van der Waals surface area contributed by atoms with E-state index < -0.39 is 0 Å². The Labute approximate surface area is 98.9 Å². The molecule has 0 aromatic rings. The Morgan fingerprint density at radius 2 is 1.88 bits per heavy atom. The standard InChI is InChI=1S/C15H24O/c1-9-11-8-14(2,3)6-10-7-15(10,4)12(11)5-13(9)16/h10-13,16H,1,5-8H2,2-4H3/t10-,11+,12+,13-,15+/m0/s1. The molecular formula is C15H24O. The molecule has 0 aliphatic heterocycles. The van der Waals surface area contributed by atoms with Crippen LogP contribution < -0.4 is 0 Å². The number of hydrogen-bond acceptors (Lipinski definition) is 1. The summed E-state index contributed by atoms with van der Waals surface area (Å²) in [5.41, 5.74) is 2.10. The van der Waals surface area contributed by atoms with E-state index in [2.05, 4.69) is 27.4 Å². The summed E-state index contributed by atoms with van der Waals surface area (Å²) in [7, 11) is 0. The highest BCUT2D eigenvalue weighted by Crippen LogP contribution is 2.70. The van der Waals surface area contributed by atoms with E-state index >= 15 is 0 Å². The van der Waals surface area contributed by atoms with E-state index in [1.807, 2.05) is 0 Å². The molecule has 3 fully saturated rings. The average molecular weight is 220 g/mol. The third kappa shape index (κ3) is 1.33. The van der Waals surface area contributed by atoms with Crippen LogP contribution in [-0.4, -0.2) is 11.2 Å². The molecule has 0 aromatic carbocycles. The molecule has 3 aliphatic rings. The van der Waals surface area contributed by atoms with Gasteiger partial charge in [0.25, 0.3) is 0 Å². The fraction of sp³-hybridized carbons (Fsp3) is 0.867. The molecule has 0 amide bonds. The summed E-state index contributed by atoms with van der Waals surface area (Å²) in [4.78, 5) is 0. The van der Waals surface area contributed by atoms with Crippen molar-refractivity contribution in [1.82, 2.24) is 0 Å². The lowest BCUT2D eigenvalue weighted by Gasteiger charge is -2.29. The summed E-state index contributed by atoms with van der Waals surface area (Å²) in [6.45, 7) is 11.4.